The van der Waals surface area contributed by atoms with Gasteiger partial charge in [-0.3, -0.25) is 0 Å². The lowest BCUT2D eigenvalue weighted by atomic mass is 10.3. The first-order chi connectivity index (χ1) is 7.34. The van der Waals surface area contributed by atoms with Crippen LogP contribution in [-0.2, 0) is 0 Å². The van der Waals surface area contributed by atoms with Gasteiger partial charge in [-0.05, 0) is 30.3 Å². The van der Waals surface area contributed by atoms with E-state index in [-0.39, 0.29) is 0 Å². The van der Waals surface area contributed by atoms with Gasteiger partial charge < -0.3 is 0 Å². The Morgan fingerprint density at radius 1 is 0.733 bits per heavy atom. The van der Waals surface area contributed by atoms with Crippen LogP contribution in [0.2, 0.25) is 0 Å². The van der Waals surface area contributed by atoms with Gasteiger partial charge in [0.15, 0.2) is 0 Å². The first-order valence-corrected chi connectivity index (χ1v) is 5.36. The molecule has 0 radical (unpaired) electrons. The van der Waals surface area contributed by atoms with Gasteiger partial charge in [0.1, 0.15) is 0 Å². The van der Waals surface area contributed by atoms with Gasteiger partial charge in [0, 0.05) is 4.47 Å². The fourth-order valence-electron chi connectivity index (χ4n) is 1.15. The van der Waals surface area contributed by atoms with E-state index in [1.807, 2.05) is 54.6 Å². The van der Waals surface area contributed by atoms with Crippen LogP contribution in [0, 0.1) is 0 Å². The fourth-order valence-corrected chi connectivity index (χ4v) is 1.54. The molecule has 0 amide bonds. The van der Waals surface area contributed by atoms with Crippen molar-refractivity contribution in [3.05, 3.63) is 59.1 Å². The molecule has 0 unspecified atom stereocenters. The fraction of sp³-hybridized carbons (Fsp3) is 0. The third-order valence-electron chi connectivity index (χ3n) is 1.85. The Kier molecular flexibility index (Phi) is 3.25. The Hall–Kier alpha value is -1.48. The van der Waals surface area contributed by atoms with E-state index in [0.717, 1.165) is 15.8 Å². The summed E-state index contributed by atoms with van der Waals surface area (Å²) in [4.78, 5) is 0. The molecule has 0 saturated heterocycles. The van der Waals surface area contributed by atoms with Crippen LogP contribution < -0.4 is 0 Å². The van der Waals surface area contributed by atoms with Crippen molar-refractivity contribution in [1.29, 1.82) is 0 Å². The van der Waals surface area contributed by atoms with Gasteiger partial charge in [0.05, 0.1) is 11.4 Å². The van der Waals surface area contributed by atoms with Crippen molar-refractivity contribution in [2.24, 2.45) is 10.2 Å². The molecule has 0 aromatic heterocycles. The minimum absolute atomic E-state index is 0.841. The van der Waals surface area contributed by atoms with Crippen LogP contribution in [0.3, 0.4) is 0 Å². The predicted molar refractivity (Wildman–Crippen MR) is 64.8 cm³/mol. The third kappa shape index (κ3) is 2.99. The highest BCUT2D eigenvalue weighted by atomic mass is 79.9. The average molecular weight is 261 g/mol. The molecular formula is C12H9BrN2. The van der Waals surface area contributed by atoms with E-state index in [9.17, 15) is 0 Å². The third-order valence-corrected chi connectivity index (χ3v) is 2.34. The molecule has 74 valence electrons. The molecule has 0 spiro atoms. The minimum Gasteiger partial charge on any atom is -0.151 e. The van der Waals surface area contributed by atoms with Crippen LogP contribution in [0.15, 0.2) is 69.3 Å². The van der Waals surface area contributed by atoms with E-state index in [4.69, 9.17) is 0 Å². The maximum absolute atomic E-state index is 4.13. The molecule has 0 aliphatic carbocycles. The first kappa shape index (κ1) is 10.1. The molecule has 3 heteroatoms. The van der Waals surface area contributed by atoms with E-state index in [2.05, 4.69) is 26.2 Å². The quantitative estimate of drug-likeness (QED) is 0.689. The monoisotopic (exact) mass is 260 g/mol. The highest BCUT2D eigenvalue weighted by molar-refractivity contribution is 9.10. The summed E-state index contributed by atoms with van der Waals surface area (Å²) < 4.78 is 1.01. The Balaban J connectivity index is 2.19. The summed E-state index contributed by atoms with van der Waals surface area (Å²) in [6, 6.07) is 17.4. The molecule has 2 aromatic carbocycles. The van der Waals surface area contributed by atoms with Crippen molar-refractivity contribution >= 4 is 27.3 Å². The molecular weight excluding hydrogens is 252 g/mol. The molecule has 15 heavy (non-hydrogen) atoms. The lowest BCUT2D eigenvalue weighted by Gasteiger charge is -1.93. The molecule has 2 nitrogen and oxygen atoms in total. The molecule has 2 rings (SSSR count). The molecule has 0 bridgehead atoms. The number of hydrogen-bond donors (Lipinski definition) is 0. The number of nitrogens with zero attached hydrogens (tertiary/aromatic N) is 2. The van der Waals surface area contributed by atoms with Crippen molar-refractivity contribution < 1.29 is 0 Å². The maximum atomic E-state index is 4.13. The standard InChI is InChI=1S/C12H9BrN2/c13-10-5-4-8-12(9-10)15-14-11-6-2-1-3-7-11/h1-9H/b15-14+. The van der Waals surface area contributed by atoms with Crippen molar-refractivity contribution in [3.8, 4) is 0 Å². The van der Waals surface area contributed by atoms with Crippen LogP contribution in [0.25, 0.3) is 0 Å². The normalized spacial score (nSPS) is 10.7. The molecule has 0 aliphatic rings. The maximum Gasteiger partial charge on any atom is 0.0868 e. The van der Waals surface area contributed by atoms with Gasteiger partial charge in [0.25, 0.3) is 0 Å². The largest absolute Gasteiger partial charge is 0.151 e. The van der Waals surface area contributed by atoms with Crippen LogP contribution in [0.1, 0.15) is 0 Å². The number of halogens is 1. The summed E-state index contributed by atoms with van der Waals surface area (Å²) in [5, 5.41) is 8.25. The zero-order valence-corrected chi connectivity index (χ0v) is 9.55. The lowest BCUT2D eigenvalue weighted by Crippen LogP contribution is -1.65. The van der Waals surface area contributed by atoms with Crippen molar-refractivity contribution in [2.45, 2.75) is 0 Å². The smallest absolute Gasteiger partial charge is 0.0868 e. The van der Waals surface area contributed by atoms with Crippen LogP contribution in [0.5, 0.6) is 0 Å². The molecule has 2 aromatic rings. The summed E-state index contributed by atoms with van der Waals surface area (Å²) in [7, 11) is 0. The summed E-state index contributed by atoms with van der Waals surface area (Å²) in [6.07, 6.45) is 0. The number of rotatable bonds is 2. The molecule has 0 N–H and O–H groups in total. The summed E-state index contributed by atoms with van der Waals surface area (Å²) >= 11 is 3.39. The summed E-state index contributed by atoms with van der Waals surface area (Å²) in [5.41, 5.74) is 1.70. The molecule has 0 fully saturated rings. The van der Waals surface area contributed by atoms with Crippen molar-refractivity contribution in [2.75, 3.05) is 0 Å². The van der Waals surface area contributed by atoms with Crippen LogP contribution in [-0.4, -0.2) is 0 Å². The van der Waals surface area contributed by atoms with E-state index in [1.165, 1.54) is 0 Å². The molecule has 0 aliphatic heterocycles. The van der Waals surface area contributed by atoms with Gasteiger partial charge in [-0.2, -0.15) is 10.2 Å². The number of benzene rings is 2. The second-order valence-electron chi connectivity index (χ2n) is 3.02. The van der Waals surface area contributed by atoms with Gasteiger partial charge in [0.2, 0.25) is 0 Å². The Labute approximate surface area is 96.8 Å². The van der Waals surface area contributed by atoms with Crippen LogP contribution >= 0.6 is 15.9 Å². The van der Waals surface area contributed by atoms with Gasteiger partial charge in [-0.15, -0.1) is 0 Å². The summed E-state index contributed by atoms with van der Waals surface area (Å²) in [6.45, 7) is 0. The van der Waals surface area contributed by atoms with Crippen molar-refractivity contribution in [3.63, 3.8) is 0 Å². The van der Waals surface area contributed by atoms with E-state index < -0.39 is 0 Å². The van der Waals surface area contributed by atoms with Crippen molar-refractivity contribution in [1.82, 2.24) is 0 Å². The highest BCUT2D eigenvalue weighted by Gasteiger charge is 1.90. The predicted octanol–water partition coefficient (Wildman–Crippen LogP) is 4.86. The summed E-state index contributed by atoms with van der Waals surface area (Å²) in [5.74, 6) is 0. The van der Waals surface area contributed by atoms with Gasteiger partial charge in [-0.25, -0.2) is 0 Å². The Bertz CT molecular complexity index is 466. The zero-order chi connectivity index (χ0) is 10.5. The minimum atomic E-state index is 0.841. The highest BCUT2D eigenvalue weighted by Crippen LogP contribution is 2.21. The van der Waals surface area contributed by atoms with Crippen LogP contribution in [0.4, 0.5) is 11.4 Å². The van der Waals surface area contributed by atoms with E-state index >= 15 is 0 Å². The van der Waals surface area contributed by atoms with E-state index in [1.54, 1.807) is 0 Å². The Morgan fingerprint density at radius 2 is 1.40 bits per heavy atom. The second kappa shape index (κ2) is 4.84. The van der Waals surface area contributed by atoms with Gasteiger partial charge >= 0.3 is 0 Å². The number of azo groups is 1. The topological polar surface area (TPSA) is 24.7 Å². The average Bonchev–Trinajstić information content (AvgIpc) is 2.28. The zero-order valence-electron chi connectivity index (χ0n) is 7.97. The SMILES string of the molecule is Brc1cccc(/N=N/c2ccccc2)c1. The first-order valence-electron chi connectivity index (χ1n) is 4.57. The van der Waals surface area contributed by atoms with E-state index in [0.29, 0.717) is 0 Å². The Morgan fingerprint density at radius 3 is 2.13 bits per heavy atom. The second-order valence-corrected chi connectivity index (χ2v) is 3.93. The molecule has 0 atom stereocenters. The number of hydrogen-bond acceptors (Lipinski definition) is 2. The van der Waals surface area contributed by atoms with Gasteiger partial charge in [-0.1, -0.05) is 40.2 Å². The molecule has 0 heterocycles. The molecule has 0 saturated carbocycles. The lowest BCUT2D eigenvalue weighted by molar-refractivity contribution is 1.23.